The molecule has 0 amide bonds. The molecule has 2 aliphatic carbocycles. The van der Waals surface area contributed by atoms with Crippen LogP contribution in [0.4, 0.5) is 0 Å². The van der Waals surface area contributed by atoms with Crippen molar-refractivity contribution in [2.75, 3.05) is 6.61 Å². The Balaban J connectivity index is 1.89. The minimum Gasteiger partial charge on any atom is -0.466 e. The van der Waals surface area contributed by atoms with Crippen LogP contribution < -0.4 is 0 Å². The van der Waals surface area contributed by atoms with Crippen LogP contribution in [0.1, 0.15) is 29.3 Å². The first-order valence-electron chi connectivity index (χ1n) is 6.94. The van der Waals surface area contributed by atoms with Crippen LogP contribution in [0.25, 0.3) is 10.8 Å². The van der Waals surface area contributed by atoms with Gasteiger partial charge in [-0.05, 0) is 29.7 Å². The Kier molecular flexibility index (Phi) is 2.15. The van der Waals surface area contributed by atoms with E-state index in [0.29, 0.717) is 13.0 Å². The predicted molar refractivity (Wildman–Crippen MR) is 74.7 cm³/mol. The lowest BCUT2D eigenvalue weighted by Crippen LogP contribution is -2.22. The zero-order valence-corrected chi connectivity index (χ0v) is 11.2. The highest BCUT2D eigenvalue weighted by Crippen LogP contribution is 2.62. The molecule has 0 bridgehead atoms. The number of hydrogen-bond acceptors (Lipinski definition) is 3. The van der Waals surface area contributed by atoms with Crippen LogP contribution in [-0.2, 0) is 14.9 Å². The summed E-state index contributed by atoms with van der Waals surface area (Å²) in [5.74, 6) is -0.471. The van der Waals surface area contributed by atoms with E-state index in [1.165, 1.54) is 0 Å². The number of ether oxygens (including phenoxy) is 1. The Morgan fingerprint density at radius 1 is 1.30 bits per heavy atom. The van der Waals surface area contributed by atoms with Gasteiger partial charge in [-0.25, -0.2) is 0 Å². The first-order valence-corrected chi connectivity index (χ1v) is 6.94. The van der Waals surface area contributed by atoms with Gasteiger partial charge in [0, 0.05) is 5.56 Å². The summed E-state index contributed by atoms with van der Waals surface area (Å²) in [7, 11) is 0. The van der Waals surface area contributed by atoms with Crippen molar-refractivity contribution in [2.24, 2.45) is 5.92 Å². The van der Waals surface area contributed by atoms with Crippen LogP contribution in [0.5, 0.6) is 0 Å². The third-order valence-corrected chi connectivity index (χ3v) is 4.57. The topological polar surface area (TPSA) is 43.4 Å². The van der Waals surface area contributed by atoms with Gasteiger partial charge in [0.05, 0.1) is 17.9 Å². The highest BCUT2D eigenvalue weighted by Gasteiger charge is 2.68. The number of carbonyl (C=O) groups excluding carboxylic acids is 2. The van der Waals surface area contributed by atoms with Crippen molar-refractivity contribution in [3.63, 3.8) is 0 Å². The number of benzene rings is 2. The quantitative estimate of drug-likeness (QED) is 0.785. The average Bonchev–Trinajstić information content (AvgIpc) is 3.17. The molecule has 2 aliphatic rings. The van der Waals surface area contributed by atoms with Crippen LogP contribution in [-0.4, -0.2) is 18.4 Å². The second-order valence-electron chi connectivity index (χ2n) is 5.52. The molecular formula is C17H14O3. The average molecular weight is 266 g/mol. The fourth-order valence-corrected chi connectivity index (χ4v) is 3.60. The molecule has 2 aromatic rings. The number of carbonyl (C=O) groups is 2. The SMILES string of the molecule is CCOC(=O)[C@H]1C[C@]12C(=O)c1cccc3cccc2c13. The summed E-state index contributed by atoms with van der Waals surface area (Å²) >= 11 is 0. The fourth-order valence-electron chi connectivity index (χ4n) is 3.60. The van der Waals surface area contributed by atoms with E-state index >= 15 is 0 Å². The number of esters is 1. The van der Waals surface area contributed by atoms with E-state index in [1.54, 1.807) is 6.92 Å². The maximum Gasteiger partial charge on any atom is 0.310 e. The molecule has 0 N–H and O–H groups in total. The van der Waals surface area contributed by atoms with E-state index in [-0.39, 0.29) is 17.7 Å². The van der Waals surface area contributed by atoms with Crippen LogP contribution in [0.2, 0.25) is 0 Å². The Morgan fingerprint density at radius 2 is 2.05 bits per heavy atom. The van der Waals surface area contributed by atoms with Crippen molar-refractivity contribution < 1.29 is 14.3 Å². The Morgan fingerprint density at radius 3 is 2.80 bits per heavy atom. The molecule has 0 unspecified atom stereocenters. The van der Waals surface area contributed by atoms with Gasteiger partial charge in [0.15, 0.2) is 5.78 Å². The highest BCUT2D eigenvalue weighted by molar-refractivity contribution is 6.23. The summed E-state index contributed by atoms with van der Waals surface area (Å²) in [5, 5.41) is 2.09. The zero-order valence-electron chi connectivity index (χ0n) is 11.2. The number of ketones is 1. The van der Waals surface area contributed by atoms with E-state index in [9.17, 15) is 9.59 Å². The van der Waals surface area contributed by atoms with Gasteiger partial charge < -0.3 is 4.74 Å². The van der Waals surface area contributed by atoms with Crippen molar-refractivity contribution in [3.8, 4) is 0 Å². The molecule has 2 aromatic carbocycles. The van der Waals surface area contributed by atoms with Gasteiger partial charge in [-0.2, -0.15) is 0 Å². The summed E-state index contributed by atoms with van der Waals surface area (Å²) in [6.45, 7) is 2.15. The molecule has 100 valence electrons. The molecule has 0 aliphatic heterocycles. The minimum absolute atomic E-state index is 0.0855. The predicted octanol–water partition coefficient (Wildman–Crippen LogP) is 2.86. The van der Waals surface area contributed by atoms with E-state index in [1.807, 2.05) is 36.4 Å². The molecule has 1 spiro atoms. The summed E-state index contributed by atoms with van der Waals surface area (Å²) in [4.78, 5) is 24.8. The third kappa shape index (κ3) is 1.20. The Bertz CT molecular complexity index is 757. The first kappa shape index (κ1) is 11.6. The molecule has 3 nitrogen and oxygen atoms in total. The lowest BCUT2D eigenvalue weighted by molar-refractivity contribution is -0.145. The fraction of sp³-hybridized carbons (Fsp3) is 0.294. The lowest BCUT2D eigenvalue weighted by Gasteiger charge is -2.09. The molecule has 2 atom stereocenters. The number of rotatable bonds is 2. The molecule has 20 heavy (non-hydrogen) atoms. The van der Waals surface area contributed by atoms with Gasteiger partial charge in [0.25, 0.3) is 0 Å². The van der Waals surface area contributed by atoms with Crippen LogP contribution in [0, 0.1) is 5.92 Å². The van der Waals surface area contributed by atoms with Crippen molar-refractivity contribution in [1.82, 2.24) is 0 Å². The summed E-state index contributed by atoms with van der Waals surface area (Å²) in [6, 6.07) is 11.7. The monoisotopic (exact) mass is 266 g/mol. The van der Waals surface area contributed by atoms with Crippen molar-refractivity contribution >= 4 is 22.5 Å². The summed E-state index contributed by atoms with van der Waals surface area (Å²) in [5.41, 5.74) is 1.12. The number of Topliss-reactive ketones (excluding diaryl/α,β-unsaturated/α-hetero) is 1. The molecule has 1 fully saturated rings. The molecule has 0 aromatic heterocycles. The maximum atomic E-state index is 12.8. The summed E-state index contributed by atoms with van der Waals surface area (Å²) in [6.07, 6.45) is 0.582. The molecule has 1 saturated carbocycles. The van der Waals surface area contributed by atoms with Gasteiger partial charge in [-0.1, -0.05) is 36.4 Å². The molecule has 3 heteroatoms. The van der Waals surface area contributed by atoms with Crippen LogP contribution in [0.15, 0.2) is 36.4 Å². The molecular weight excluding hydrogens is 252 g/mol. The van der Waals surface area contributed by atoms with E-state index in [4.69, 9.17) is 4.74 Å². The van der Waals surface area contributed by atoms with E-state index < -0.39 is 5.41 Å². The van der Waals surface area contributed by atoms with E-state index in [2.05, 4.69) is 0 Å². The molecule has 0 heterocycles. The smallest absolute Gasteiger partial charge is 0.310 e. The Hall–Kier alpha value is -2.16. The van der Waals surface area contributed by atoms with Crippen LogP contribution in [0.3, 0.4) is 0 Å². The standard InChI is InChI=1S/C17H14O3/c1-2-20-16(19)13-9-17(13)12-8-4-6-10-5-3-7-11(14(10)12)15(17)18/h3-8,13H,2,9H2,1H3/t13-,17-/m1/s1. The normalized spacial score (nSPS) is 26.2. The number of hydrogen-bond donors (Lipinski definition) is 0. The second-order valence-corrected chi connectivity index (χ2v) is 5.52. The largest absolute Gasteiger partial charge is 0.466 e. The summed E-state index contributed by atoms with van der Waals surface area (Å²) < 4.78 is 5.10. The van der Waals surface area contributed by atoms with Crippen molar-refractivity contribution in [1.29, 1.82) is 0 Å². The third-order valence-electron chi connectivity index (χ3n) is 4.57. The van der Waals surface area contributed by atoms with Gasteiger partial charge in [-0.3, -0.25) is 9.59 Å². The van der Waals surface area contributed by atoms with Gasteiger partial charge in [-0.15, -0.1) is 0 Å². The van der Waals surface area contributed by atoms with Crippen molar-refractivity contribution in [3.05, 3.63) is 47.5 Å². The number of fused-ring (bicyclic) bond motifs is 1. The molecule has 4 rings (SSSR count). The maximum absolute atomic E-state index is 12.8. The van der Waals surface area contributed by atoms with Gasteiger partial charge in [0.2, 0.25) is 0 Å². The van der Waals surface area contributed by atoms with Gasteiger partial charge >= 0.3 is 5.97 Å². The Labute approximate surface area is 116 Å². The van der Waals surface area contributed by atoms with Crippen LogP contribution >= 0.6 is 0 Å². The first-order chi connectivity index (χ1) is 9.70. The molecule has 0 saturated heterocycles. The molecule has 0 radical (unpaired) electrons. The van der Waals surface area contributed by atoms with E-state index in [0.717, 1.165) is 21.9 Å². The highest BCUT2D eigenvalue weighted by atomic mass is 16.5. The van der Waals surface area contributed by atoms with Crippen molar-refractivity contribution in [2.45, 2.75) is 18.8 Å². The zero-order chi connectivity index (χ0) is 13.9. The lowest BCUT2D eigenvalue weighted by atomic mass is 9.93. The second kappa shape index (κ2) is 3.69. The minimum atomic E-state index is -0.643. The van der Waals surface area contributed by atoms with Gasteiger partial charge in [0.1, 0.15) is 0 Å².